The molecule has 1 aromatic heterocycles. The zero-order valence-electron chi connectivity index (χ0n) is 26.2. The van der Waals surface area contributed by atoms with Crippen molar-refractivity contribution in [2.24, 2.45) is 0 Å². The summed E-state index contributed by atoms with van der Waals surface area (Å²) >= 11 is 0. The lowest BCUT2D eigenvalue weighted by molar-refractivity contribution is 0.149. The van der Waals surface area contributed by atoms with Crippen molar-refractivity contribution in [2.75, 3.05) is 35.5 Å². The van der Waals surface area contributed by atoms with Gasteiger partial charge in [0.1, 0.15) is 11.5 Å². The van der Waals surface area contributed by atoms with Crippen LogP contribution in [0.5, 0.6) is 35.0 Å². The first kappa shape index (κ1) is 28.5. The van der Waals surface area contributed by atoms with Crippen molar-refractivity contribution >= 4 is 16.8 Å². The second kappa shape index (κ2) is 10.4. The molecule has 0 saturated carbocycles. The van der Waals surface area contributed by atoms with Crippen LogP contribution in [0.3, 0.4) is 0 Å². The van der Waals surface area contributed by atoms with Gasteiger partial charge in [-0.2, -0.15) is 9.97 Å². The van der Waals surface area contributed by atoms with Crippen molar-refractivity contribution in [3.05, 3.63) is 94.8 Å². The highest BCUT2D eigenvalue weighted by Crippen LogP contribution is 2.59. The summed E-state index contributed by atoms with van der Waals surface area (Å²) in [4.78, 5) is 13.6. The van der Waals surface area contributed by atoms with Crippen molar-refractivity contribution in [2.45, 2.75) is 24.9 Å². The molecule has 0 N–H and O–H groups in total. The van der Waals surface area contributed by atoms with Crippen LogP contribution in [0.2, 0.25) is 0 Å². The molecule has 0 amide bonds. The van der Waals surface area contributed by atoms with Gasteiger partial charge in [-0.05, 0) is 58.0 Å². The van der Waals surface area contributed by atoms with Crippen molar-refractivity contribution in [1.29, 1.82) is 0 Å². The van der Waals surface area contributed by atoms with Gasteiger partial charge in [0, 0.05) is 21.9 Å². The van der Waals surface area contributed by atoms with Crippen LogP contribution < -0.4 is 28.4 Å². The number of rotatable bonds is 7. The van der Waals surface area contributed by atoms with Gasteiger partial charge in [-0.1, -0.05) is 56.3 Å². The molecular weight excluding hydrogens is 570 g/mol. The molecule has 2 heterocycles. The van der Waals surface area contributed by atoms with E-state index >= 15 is 0 Å². The summed E-state index contributed by atoms with van der Waals surface area (Å²) in [5.74, 6) is 2.90. The van der Waals surface area contributed by atoms with Gasteiger partial charge in [0.2, 0.25) is 5.60 Å². The van der Waals surface area contributed by atoms with Gasteiger partial charge in [-0.15, -0.1) is 4.98 Å². The molecule has 1 atom stereocenters. The lowest BCUT2D eigenvalue weighted by Crippen LogP contribution is -2.37. The molecule has 9 heteroatoms. The fraction of sp³-hybridized carbons (Fsp3) is 0.250. The van der Waals surface area contributed by atoms with E-state index in [1.54, 1.807) is 21.3 Å². The van der Waals surface area contributed by atoms with Crippen molar-refractivity contribution in [3.8, 4) is 46.1 Å². The maximum atomic E-state index is 7.28. The molecule has 1 unspecified atom stereocenters. The molecule has 5 aromatic rings. The number of aromatic nitrogens is 3. The molecule has 1 aliphatic heterocycles. The van der Waals surface area contributed by atoms with E-state index in [9.17, 15) is 0 Å². The summed E-state index contributed by atoms with van der Waals surface area (Å²) in [6.45, 7) is 4.51. The van der Waals surface area contributed by atoms with Gasteiger partial charge < -0.3 is 28.4 Å². The minimum atomic E-state index is -1.29. The second-order valence-corrected chi connectivity index (χ2v) is 11.4. The van der Waals surface area contributed by atoms with E-state index in [2.05, 4.69) is 59.1 Å². The standard InChI is InChI=1S/C36H33N3O6/c1-35(2)26-11-9-8-10-22(26)29-24-18-27(41-4)28(42-5)19-25(24)31-23(30(29)35)16-17-36(45-31,20-12-14-21(40-3)15-13-20)32-37-33(43-6)39-34(38-32)44-7/h8-19H,1-7H3. The van der Waals surface area contributed by atoms with Crippen LogP contribution >= 0.6 is 0 Å². The second-order valence-electron chi connectivity index (χ2n) is 11.4. The van der Waals surface area contributed by atoms with E-state index in [4.69, 9.17) is 28.4 Å². The summed E-state index contributed by atoms with van der Waals surface area (Å²) in [7, 11) is 7.92. The maximum Gasteiger partial charge on any atom is 0.322 e. The zero-order chi connectivity index (χ0) is 31.5. The van der Waals surface area contributed by atoms with Gasteiger partial charge in [-0.3, -0.25) is 0 Å². The van der Waals surface area contributed by atoms with Gasteiger partial charge in [0.05, 0.1) is 35.5 Å². The lowest BCUT2D eigenvalue weighted by atomic mass is 9.77. The number of ether oxygens (including phenoxy) is 6. The van der Waals surface area contributed by atoms with Gasteiger partial charge >= 0.3 is 12.0 Å². The van der Waals surface area contributed by atoms with E-state index in [1.165, 1.54) is 30.9 Å². The Hall–Kier alpha value is -5.31. The predicted molar refractivity (Wildman–Crippen MR) is 171 cm³/mol. The summed E-state index contributed by atoms with van der Waals surface area (Å²) in [6, 6.07) is 20.4. The van der Waals surface area contributed by atoms with E-state index in [0.717, 1.165) is 27.5 Å². The predicted octanol–water partition coefficient (Wildman–Crippen LogP) is 6.72. The molecule has 9 nitrogen and oxygen atoms in total. The molecule has 0 fully saturated rings. The summed E-state index contributed by atoms with van der Waals surface area (Å²) in [5, 5.41) is 1.85. The first-order valence-corrected chi connectivity index (χ1v) is 14.5. The molecule has 0 radical (unpaired) electrons. The van der Waals surface area contributed by atoms with E-state index in [0.29, 0.717) is 28.8 Å². The molecule has 4 aromatic carbocycles. The number of benzene rings is 4. The first-order chi connectivity index (χ1) is 21.8. The molecule has 0 bridgehead atoms. The highest BCUT2D eigenvalue weighted by atomic mass is 16.5. The van der Waals surface area contributed by atoms with Crippen molar-refractivity contribution in [1.82, 2.24) is 15.0 Å². The van der Waals surface area contributed by atoms with Crippen molar-refractivity contribution < 1.29 is 28.4 Å². The third-order valence-electron chi connectivity index (χ3n) is 8.85. The molecule has 228 valence electrons. The van der Waals surface area contributed by atoms with Crippen LogP contribution in [0.4, 0.5) is 0 Å². The SMILES string of the molecule is COc1ccc(C2(c3nc(OC)nc(OC)n3)C=Cc3c4c(c5cc(OC)c(OC)cc5c3O2)-c2ccccc2C4(C)C)cc1. The third kappa shape index (κ3) is 4.10. The average Bonchev–Trinajstić information content (AvgIpc) is 3.33. The Morgan fingerprint density at radius 3 is 1.96 bits per heavy atom. The Morgan fingerprint density at radius 1 is 0.689 bits per heavy atom. The smallest absolute Gasteiger partial charge is 0.322 e. The Balaban J connectivity index is 1.59. The molecule has 0 saturated heterocycles. The normalized spacial score (nSPS) is 17.1. The highest BCUT2D eigenvalue weighted by molar-refractivity contribution is 6.09. The monoisotopic (exact) mass is 603 g/mol. The number of nitrogens with zero attached hydrogens (tertiary/aromatic N) is 3. The fourth-order valence-corrected chi connectivity index (χ4v) is 6.71. The molecule has 45 heavy (non-hydrogen) atoms. The molecule has 1 aliphatic carbocycles. The van der Waals surface area contributed by atoms with Crippen molar-refractivity contribution in [3.63, 3.8) is 0 Å². The van der Waals surface area contributed by atoms with E-state index < -0.39 is 5.60 Å². The fourth-order valence-electron chi connectivity index (χ4n) is 6.71. The largest absolute Gasteiger partial charge is 0.497 e. The number of methoxy groups -OCH3 is 5. The number of hydrogen-bond donors (Lipinski definition) is 0. The van der Waals surface area contributed by atoms with Crippen LogP contribution in [-0.2, 0) is 11.0 Å². The maximum absolute atomic E-state index is 7.28. The molecule has 2 aliphatic rings. The minimum absolute atomic E-state index is 0.106. The van der Waals surface area contributed by atoms with Gasteiger partial charge in [-0.25, -0.2) is 0 Å². The topological polar surface area (TPSA) is 94.1 Å². The zero-order valence-corrected chi connectivity index (χ0v) is 26.2. The Morgan fingerprint density at radius 2 is 1.33 bits per heavy atom. The molecule has 0 spiro atoms. The average molecular weight is 604 g/mol. The lowest BCUT2D eigenvalue weighted by Gasteiger charge is -2.37. The Bertz CT molecular complexity index is 1980. The Labute approximate surface area is 261 Å². The van der Waals surface area contributed by atoms with Crippen LogP contribution in [0.25, 0.3) is 28.0 Å². The van der Waals surface area contributed by atoms with Crippen LogP contribution in [0.15, 0.2) is 66.7 Å². The Kier molecular flexibility index (Phi) is 6.58. The third-order valence-corrected chi connectivity index (χ3v) is 8.85. The van der Waals surface area contributed by atoms with Crippen LogP contribution in [-0.4, -0.2) is 50.5 Å². The van der Waals surface area contributed by atoms with Crippen LogP contribution in [0.1, 0.15) is 41.9 Å². The summed E-state index contributed by atoms with van der Waals surface area (Å²) in [6.07, 6.45) is 4.12. The van der Waals surface area contributed by atoms with Crippen LogP contribution in [0, 0.1) is 0 Å². The van der Waals surface area contributed by atoms with Gasteiger partial charge in [0.15, 0.2) is 17.3 Å². The highest BCUT2D eigenvalue weighted by Gasteiger charge is 2.46. The summed E-state index contributed by atoms with van der Waals surface area (Å²) < 4.78 is 35.2. The van der Waals surface area contributed by atoms with E-state index in [-0.39, 0.29) is 17.4 Å². The first-order valence-electron chi connectivity index (χ1n) is 14.5. The summed E-state index contributed by atoms with van der Waals surface area (Å²) in [5.41, 5.74) is 4.90. The quantitative estimate of drug-likeness (QED) is 0.201. The number of hydrogen-bond acceptors (Lipinski definition) is 9. The minimum Gasteiger partial charge on any atom is -0.497 e. The van der Waals surface area contributed by atoms with E-state index in [1.807, 2.05) is 42.5 Å². The van der Waals surface area contributed by atoms with Gasteiger partial charge in [0.25, 0.3) is 0 Å². The number of fused-ring (bicyclic) bond motifs is 8. The molecular formula is C36H33N3O6. The molecule has 7 rings (SSSR count).